The second-order valence-electron chi connectivity index (χ2n) is 3.67. The average Bonchev–Trinajstić information content (AvgIpc) is 2.63. The Morgan fingerprint density at radius 1 is 1.50 bits per heavy atom. The highest BCUT2D eigenvalue weighted by Gasteiger charge is 2.07. The van der Waals surface area contributed by atoms with Crippen molar-refractivity contribution in [1.82, 2.24) is 10.2 Å². The van der Waals surface area contributed by atoms with Gasteiger partial charge < -0.3 is 5.73 Å². The third-order valence-corrected chi connectivity index (χ3v) is 2.58. The first kappa shape index (κ1) is 9.06. The number of rotatable bonds is 2. The largest absolute Gasteiger partial charge is 0.398 e. The van der Waals surface area contributed by atoms with Gasteiger partial charge in [-0.3, -0.25) is 5.10 Å². The van der Waals surface area contributed by atoms with E-state index in [4.69, 9.17) is 5.73 Å². The van der Waals surface area contributed by atoms with Crippen LogP contribution in [0.3, 0.4) is 0 Å². The van der Waals surface area contributed by atoms with Crippen LogP contribution in [0.1, 0.15) is 24.5 Å². The molecule has 1 aromatic heterocycles. The Labute approximate surface area is 83.3 Å². The average molecular weight is 189 g/mol. The van der Waals surface area contributed by atoms with Gasteiger partial charge in [0.05, 0.1) is 11.7 Å². The highest BCUT2D eigenvalue weighted by Crippen LogP contribution is 2.27. The SMILES string of the molecule is CCCc1cc(C)c2[nH]ncc2c1N. The summed E-state index contributed by atoms with van der Waals surface area (Å²) in [7, 11) is 0. The number of hydrogen-bond donors (Lipinski definition) is 2. The van der Waals surface area contributed by atoms with E-state index in [9.17, 15) is 0 Å². The summed E-state index contributed by atoms with van der Waals surface area (Å²) in [6.07, 6.45) is 3.96. The van der Waals surface area contributed by atoms with Crippen LogP contribution in [0.2, 0.25) is 0 Å². The molecule has 3 heteroatoms. The zero-order valence-electron chi connectivity index (χ0n) is 8.59. The third-order valence-electron chi connectivity index (χ3n) is 2.58. The molecule has 0 amide bonds. The Bertz CT molecular complexity index is 457. The Balaban J connectivity index is 2.68. The molecular formula is C11H15N3. The topological polar surface area (TPSA) is 54.7 Å². The maximum absolute atomic E-state index is 6.06. The number of aromatic nitrogens is 2. The molecule has 0 radical (unpaired) electrons. The number of anilines is 1. The highest BCUT2D eigenvalue weighted by molar-refractivity contribution is 5.93. The summed E-state index contributed by atoms with van der Waals surface area (Å²) >= 11 is 0. The van der Waals surface area contributed by atoms with E-state index < -0.39 is 0 Å². The molecule has 3 nitrogen and oxygen atoms in total. The van der Waals surface area contributed by atoms with Crippen LogP contribution in [-0.4, -0.2) is 10.2 Å². The minimum atomic E-state index is 0.876. The number of nitrogens with two attached hydrogens (primary N) is 1. The first-order valence-corrected chi connectivity index (χ1v) is 4.95. The number of nitrogens with zero attached hydrogens (tertiary/aromatic N) is 1. The molecule has 74 valence electrons. The van der Waals surface area contributed by atoms with Crippen molar-refractivity contribution in [2.24, 2.45) is 0 Å². The molecule has 0 spiro atoms. The lowest BCUT2D eigenvalue weighted by Gasteiger charge is -2.07. The number of nitrogens with one attached hydrogen (secondary N) is 1. The Morgan fingerprint density at radius 3 is 3.00 bits per heavy atom. The number of fused-ring (bicyclic) bond motifs is 1. The first-order valence-electron chi connectivity index (χ1n) is 4.95. The van der Waals surface area contributed by atoms with Gasteiger partial charge in [0.25, 0.3) is 0 Å². The molecule has 0 saturated heterocycles. The maximum atomic E-state index is 6.06. The van der Waals surface area contributed by atoms with E-state index in [0.29, 0.717) is 0 Å². The van der Waals surface area contributed by atoms with Crippen LogP contribution < -0.4 is 5.73 Å². The van der Waals surface area contributed by atoms with Gasteiger partial charge in [0.15, 0.2) is 0 Å². The summed E-state index contributed by atoms with van der Waals surface area (Å²) in [6, 6.07) is 2.15. The number of H-pyrrole nitrogens is 1. The number of aromatic amines is 1. The van der Waals surface area contributed by atoms with Crippen molar-refractivity contribution in [3.8, 4) is 0 Å². The molecule has 0 unspecified atom stereocenters. The lowest BCUT2D eigenvalue weighted by Crippen LogP contribution is -1.96. The predicted octanol–water partition coefficient (Wildman–Crippen LogP) is 2.41. The lowest BCUT2D eigenvalue weighted by molar-refractivity contribution is 0.924. The molecule has 0 saturated carbocycles. The van der Waals surface area contributed by atoms with Crippen molar-refractivity contribution >= 4 is 16.6 Å². The van der Waals surface area contributed by atoms with Crippen molar-refractivity contribution in [2.45, 2.75) is 26.7 Å². The van der Waals surface area contributed by atoms with Gasteiger partial charge >= 0.3 is 0 Å². The van der Waals surface area contributed by atoms with E-state index in [0.717, 1.165) is 29.4 Å². The predicted molar refractivity (Wildman–Crippen MR) is 59.2 cm³/mol. The van der Waals surface area contributed by atoms with Gasteiger partial charge in [0.1, 0.15) is 0 Å². The lowest BCUT2D eigenvalue weighted by atomic mass is 10.0. The Hall–Kier alpha value is -1.51. The smallest absolute Gasteiger partial charge is 0.0700 e. The van der Waals surface area contributed by atoms with Crippen LogP contribution in [0, 0.1) is 6.92 Å². The van der Waals surface area contributed by atoms with Crippen molar-refractivity contribution in [2.75, 3.05) is 5.73 Å². The van der Waals surface area contributed by atoms with Crippen LogP contribution in [-0.2, 0) is 6.42 Å². The molecule has 0 bridgehead atoms. The van der Waals surface area contributed by atoms with E-state index in [-0.39, 0.29) is 0 Å². The van der Waals surface area contributed by atoms with Gasteiger partial charge in [0, 0.05) is 11.1 Å². The van der Waals surface area contributed by atoms with Crippen molar-refractivity contribution < 1.29 is 0 Å². The summed E-state index contributed by atoms with van der Waals surface area (Å²) in [6.45, 7) is 4.24. The second kappa shape index (κ2) is 3.33. The van der Waals surface area contributed by atoms with Gasteiger partial charge in [0.2, 0.25) is 0 Å². The molecule has 2 aromatic rings. The van der Waals surface area contributed by atoms with E-state index in [1.165, 1.54) is 11.1 Å². The normalized spacial score (nSPS) is 11.0. The fraction of sp³-hybridized carbons (Fsp3) is 0.364. The van der Waals surface area contributed by atoms with Gasteiger partial charge in [-0.15, -0.1) is 0 Å². The summed E-state index contributed by atoms with van der Waals surface area (Å²) < 4.78 is 0. The highest BCUT2D eigenvalue weighted by atomic mass is 15.1. The second-order valence-corrected chi connectivity index (χ2v) is 3.67. The minimum Gasteiger partial charge on any atom is -0.398 e. The monoisotopic (exact) mass is 189 g/mol. The molecule has 2 rings (SSSR count). The number of hydrogen-bond acceptors (Lipinski definition) is 2. The molecule has 0 fully saturated rings. The van der Waals surface area contributed by atoms with Crippen LogP contribution >= 0.6 is 0 Å². The molecule has 0 aliphatic rings. The molecule has 3 N–H and O–H groups in total. The number of nitrogen functional groups attached to an aromatic ring is 1. The van der Waals surface area contributed by atoms with Crippen molar-refractivity contribution in [3.05, 3.63) is 23.4 Å². The van der Waals surface area contributed by atoms with Crippen molar-refractivity contribution in [1.29, 1.82) is 0 Å². The maximum Gasteiger partial charge on any atom is 0.0700 e. The van der Waals surface area contributed by atoms with Gasteiger partial charge in [-0.2, -0.15) is 5.10 Å². The number of aryl methyl sites for hydroxylation is 2. The van der Waals surface area contributed by atoms with Crippen LogP contribution in [0.4, 0.5) is 5.69 Å². The fourth-order valence-corrected chi connectivity index (χ4v) is 1.85. The molecule has 1 heterocycles. The van der Waals surface area contributed by atoms with Crippen LogP contribution in [0.5, 0.6) is 0 Å². The molecule has 0 aliphatic heterocycles. The minimum absolute atomic E-state index is 0.876. The molecule has 14 heavy (non-hydrogen) atoms. The molecular weight excluding hydrogens is 174 g/mol. The van der Waals surface area contributed by atoms with Crippen LogP contribution in [0.15, 0.2) is 12.3 Å². The van der Waals surface area contributed by atoms with Gasteiger partial charge in [-0.25, -0.2) is 0 Å². The number of benzene rings is 1. The fourth-order valence-electron chi connectivity index (χ4n) is 1.85. The summed E-state index contributed by atoms with van der Waals surface area (Å²) in [4.78, 5) is 0. The quantitative estimate of drug-likeness (QED) is 0.713. The van der Waals surface area contributed by atoms with E-state index in [1.807, 2.05) is 0 Å². The van der Waals surface area contributed by atoms with E-state index in [1.54, 1.807) is 6.20 Å². The molecule has 1 aromatic carbocycles. The van der Waals surface area contributed by atoms with Crippen molar-refractivity contribution in [3.63, 3.8) is 0 Å². The van der Waals surface area contributed by atoms with E-state index in [2.05, 4.69) is 30.1 Å². The summed E-state index contributed by atoms with van der Waals surface area (Å²) in [5.41, 5.74) is 10.4. The van der Waals surface area contributed by atoms with Gasteiger partial charge in [-0.05, 0) is 24.5 Å². The zero-order valence-corrected chi connectivity index (χ0v) is 8.59. The summed E-state index contributed by atoms with van der Waals surface area (Å²) in [5, 5.41) is 8.04. The molecule has 0 aliphatic carbocycles. The van der Waals surface area contributed by atoms with E-state index >= 15 is 0 Å². The summed E-state index contributed by atoms with van der Waals surface area (Å²) in [5.74, 6) is 0. The van der Waals surface area contributed by atoms with Crippen LogP contribution in [0.25, 0.3) is 10.9 Å². The molecule has 0 atom stereocenters. The van der Waals surface area contributed by atoms with Gasteiger partial charge in [-0.1, -0.05) is 19.4 Å². The Kier molecular flexibility index (Phi) is 2.15. The Morgan fingerprint density at radius 2 is 2.29 bits per heavy atom. The standard InChI is InChI=1S/C11H15N3/c1-3-4-8-5-7(2)11-9(10(8)12)6-13-14-11/h5-6H,3-4,12H2,1-2H3,(H,13,14). The third kappa shape index (κ3) is 1.25. The first-order chi connectivity index (χ1) is 6.74. The zero-order chi connectivity index (χ0) is 10.1.